The molecule has 0 aliphatic rings. The topological polar surface area (TPSA) is 55.4 Å². The van der Waals surface area contributed by atoms with Crippen LogP contribution in [0.25, 0.3) is 0 Å². The fourth-order valence-electron chi connectivity index (χ4n) is 1.88. The Morgan fingerprint density at radius 2 is 1.75 bits per heavy atom. The number of hydrogen-bond donors (Lipinski definition) is 1. The van der Waals surface area contributed by atoms with Gasteiger partial charge in [-0.15, -0.1) is 0 Å². The van der Waals surface area contributed by atoms with Crippen LogP contribution in [0.15, 0.2) is 59.5 Å². The average Bonchev–Trinajstić information content (AvgIpc) is 2.48. The Labute approximate surface area is 119 Å². The van der Waals surface area contributed by atoms with Gasteiger partial charge in [0.25, 0.3) is 0 Å². The Morgan fingerprint density at radius 1 is 1.05 bits per heavy atom. The molecule has 0 saturated carbocycles. The number of hydrogen-bond acceptors (Lipinski definition) is 3. The monoisotopic (exact) mass is 291 g/mol. The third-order valence-corrected chi connectivity index (χ3v) is 4.54. The number of nitrogens with one attached hydrogen (secondary N) is 1. The van der Waals surface area contributed by atoms with Crippen LogP contribution in [-0.4, -0.2) is 15.5 Å². The lowest BCUT2D eigenvalue weighted by Crippen LogP contribution is -2.26. The summed E-state index contributed by atoms with van der Waals surface area (Å²) in [6, 6.07) is 15.3. The summed E-state index contributed by atoms with van der Waals surface area (Å²) in [4.78, 5) is 0.259. The van der Waals surface area contributed by atoms with E-state index in [0.29, 0.717) is 5.75 Å². The normalized spacial score (nSPS) is 12.9. The van der Waals surface area contributed by atoms with Crippen molar-refractivity contribution in [2.75, 3.05) is 7.11 Å². The molecule has 0 spiro atoms. The van der Waals surface area contributed by atoms with Gasteiger partial charge in [-0.25, -0.2) is 13.1 Å². The molecule has 5 heteroatoms. The van der Waals surface area contributed by atoms with Crippen LogP contribution in [-0.2, 0) is 10.0 Å². The van der Waals surface area contributed by atoms with E-state index in [9.17, 15) is 8.42 Å². The minimum absolute atomic E-state index is 0.259. The van der Waals surface area contributed by atoms with Crippen molar-refractivity contribution in [3.8, 4) is 5.75 Å². The molecule has 0 aliphatic heterocycles. The minimum atomic E-state index is -3.52. The van der Waals surface area contributed by atoms with Crippen molar-refractivity contribution in [1.82, 2.24) is 4.72 Å². The standard InChI is InChI=1S/C15H17NO3S/c1-12(13-7-6-8-14(11-13)19-2)16-20(17,18)15-9-4-3-5-10-15/h3-12,16H,1-2H3/t12-/m1/s1. The molecule has 0 amide bonds. The molecule has 0 bridgehead atoms. The van der Waals surface area contributed by atoms with E-state index in [1.165, 1.54) is 0 Å². The maximum Gasteiger partial charge on any atom is 0.241 e. The lowest BCUT2D eigenvalue weighted by Gasteiger charge is -2.15. The van der Waals surface area contributed by atoms with Crippen LogP contribution >= 0.6 is 0 Å². The Hall–Kier alpha value is -1.85. The van der Waals surface area contributed by atoms with Crippen LogP contribution in [0, 0.1) is 0 Å². The molecular formula is C15H17NO3S. The summed E-state index contributed by atoms with van der Waals surface area (Å²) >= 11 is 0. The van der Waals surface area contributed by atoms with Gasteiger partial charge in [-0.3, -0.25) is 0 Å². The molecule has 2 aromatic carbocycles. The van der Waals surface area contributed by atoms with Gasteiger partial charge in [0.05, 0.1) is 12.0 Å². The molecule has 0 fully saturated rings. The molecule has 1 atom stereocenters. The average molecular weight is 291 g/mol. The zero-order valence-corrected chi connectivity index (χ0v) is 12.2. The van der Waals surface area contributed by atoms with Crippen LogP contribution in [0.1, 0.15) is 18.5 Å². The molecule has 2 rings (SSSR count). The molecule has 0 aromatic heterocycles. The second kappa shape index (κ2) is 6.07. The van der Waals surface area contributed by atoms with Crippen molar-refractivity contribution < 1.29 is 13.2 Å². The van der Waals surface area contributed by atoms with Crippen molar-refractivity contribution in [1.29, 1.82) is 0 Å². The van der Waals surface area contributed by atoms with Gasteiger partial charge in [0.2, 0.25) is 10.0 Å². The van der Waals surface area contributed by atoms with Gasteiger partial charge in [-0.05, 0) is 36.8 Å². The first-order chi connectivity index (χ1) is 9.53. The molecule has 2 aromatic rings. The van der Waals surface area contributed by atoms with E-state index in [1.54, 1.807) is 44.4 Å². The maximum atomic E-state index is 12.2. The molecule has 0 radical (unpaired) electrons. The Bertz CT molecular complexity index is 669. The van der Waals surface area contributed by atoms with Crippen LogP contribution < -0.4 is 9.46 Å². The summed E-state index contributed by atoms with van der Waals surface area (Å²) in [5.41, 5.74) is 0.851. The Balaban J connectivity index is 2.21. The van der Waals surface area contributed by atoms with E-state index in [2.05, 4.69) is 4.72 Å². The van der Waals surface area contributed by atoms with E-state index in [4.69, 9.17) is 4.74 Å². The summed E-state index contributed by atoms with van der Waals surface area (Å²) in [5, 5.41) is 0. The summed E-state index contributed by atoms with van der Waals surface area (Å²) in [6.45, 7) is 1.80. The second-order valence-corrected chi connectivity index (χ2v) is 6.15. The van der Waals surface area contributed by atoms with Crippen LogP contribution in [0.5, 0.6) is 5.75 Å². The fourth-order valence-corrected chi connectivity index (χ4v) is 3.13. The van der Waals surface area contributed by atoms with Crippen molar-refractivity contribution in [3.63, 3.8) is 0 Å². The first kappa shape index (κ1) is 14.6. The number of benzene rings is 2. The number of ether oxygens (including phenoxy) is 1. The van der Waals surface area contributed by atoms with E-state index < -0.39 is 10.0 Å². The Kier molecular flexibility index (Phi) is 4.42. The van der Waals surface area contributed by atoms with Gasteiger partial charge in [0.15, 0.2) is 0 Å². The molecule has 0 unspecified atom stereocenters. The smallest absolute Gasteiger partial charge is 0.241 e. The zero-order chi connectivity index (χ0) is 14.6. The molecule has 20 heavy (non-hydrogen) atoms. The predicted octanol–water partition coefficient (Wildman–Crippen LogP) is 2.73. The van der Waals surface area contributed by atoms with Crippen LogP contribution in [0.4, 0.5) is 0 Å². The van der Waals surface area contributed by atoms with Crippen molar-refractivity contribution >= 4 is 10.0 Å². The fraction of sp³-hybridized carbons (Fsp3) is 0.200. The lowest BCUT2D eigenvalue weighted by molar-refractivity contribution is 0.413. The molecule has 1 N–H and O–H groups in total. The summed E-state index contributed by atoms with van der Waals surface area (Å²) in [6.07, 6.45) is 0. The molecular weight excluding hydrogens is 274 g/mol. The first-order valence-corrected chi connectivity index (χ1v) is 7.72. The third kappa shape index (κ3) is 3.37. The quantitative estimate of drug-likeness (QED) is 0.921. The first-order valence-electron chi connectivity index (χ1n) is 6.24. The predicted molar refractivity (Wildman–Crippen MR) is 78.2 cm³/mol. The van der Waals surface area contributed by atoms with Gasteiger partial charge in [-0.1, -0.05) is 30.3 Å². The summed E-state index contributed by atoms with van der Waals surface area (Å²) in [7, 11) is -1.94. The Morgan fingerprint density at radius 3 is 2.40 bits per heavy atom. The van der Waals surface area contributed by atoms with Crippen LogP contribution in [0.2, 0.25) is 0 Å². The van der Waals surface area contributed by atoms with Gasteiger partial charge < -0.3 is 4.74 Å². The lowest BCUT2D eigenvalue weighted by atomic mass is 10.1. The maximum absolute atomic E-state index is 12.2. The van der Waals surface area contributed by atoms with E-state index >= 15 is 0 Å². The highest BCUT2D eigenvalue weighted by Gasteiger charge is 2.18. The van der Waals surface area contributed by atoms with Gasteiger partial charge in [0, 0.05) is 6.04 Å². The van der Waals surface area contributed by atoms with Crippen molar-refractivity contribution in [3.05, 3.63) is 60.2 Å². The number of rotatable bonds is 5. The van der Waals surface area contributed by atoms with Crippen molar-refractivity contribution in [2.45, 2.75) is 17.9 Å². The van der Waals surface area contributed by atoms with Gasteiger partial charge in [0.1, 0.15) is 5.75 Å². The van der Waals surface area contributed by atoms with E-state index in [-0.39, 0.29) is 10.9 Å². The highest BCUT2D eigenvalue weighted by molar-refractivity contribution is 7.89. The zero-order valence-electron chi connectivity index (χ0n) is 11.4. The molecule has 106 valence electrons. The minimum Gasteiger partial charge on any atom is -0.497 e. The second-order valence-electron chi connectivity index (χ2n) is 4.43. The summed E-state index contributed by atoms with van der Waals surface area (Å²) < 4.78 is 32.3. The van der Waals surface area contributed by atoms with Crippen molar-refractivity contribution in [2.24, 2.45) is 0 Å². The van der Waals surface area contributed by atoms with E-state index in [1.807, 2.05) is 24.3 Å². The molecule has 0 aliphatic carbocycles. The highest BCUT2D eigenvalue weighted by Crippen LogP contribution is 2.20. The molecule has 4 nitrogen and oxygen atoms in total. The SMILES string of the molecule is COc1cccc([C@@H](C)NS(=O)(=O)c2ccccc2)c1. The largest absolute Gasteiger partial charge is 0.497 e. The van der Waals surface area contributed by atoms with Gasteiger partial charge >= 0.3 is 0 Å². The highest BCUT2D eigenvalue weighted by atomic mass is 32.2. The molecule has 0 saturated heterocycles. The number of methoxy groups -OCH3 is 1. The number of sulfonamides is 1. The van der Waals surface area contributed by atoms with E-state index in [0.717, 1.165) is 5.56 Å². The van der Waals surface area contributed by atoms with Crippen LogP contribution in [0.3, 0.4) is 0 Å². The summed E-state index contributed by atoms with van der Waals surface area (Å²) in [5.74, 6) is 0.702. The third-order valence-electron chi connectivity index (χ3n) is 2.98. The molecule has 0 heterocycles. The van der Waals surface area contributed by atoms with Gasteiger partial charge in [-0.2, -0.15) is 0 Å².